The molecule has 0 unspecified atom stereocenters. The van der Waals surface area contributed by atoms with E-state index in [4.69, 9.17) is 4.74 Å². The fourth-order valence-corrected chi connectivity index (χ4v) is 1.82. The van der Waals surface area contributed by atoms with Gasteiger partial charge in [0.05, 0.1) is 11.6 Å². The molecular formula is C12H20N6O. The van der Waals surface area contributed by atoms with Crippen molar-refractivity contribution in [3.8, 4) is 0 Å². The number of fused-ring (bicyclic) bond motifs is 1. The SMILES string of the molecule is CCNc1nc(NCCCOC)nc2c1cnn2C. The molecule has 2 rings (SSSR count). The van der Waals surface area contributed by atoms with Gasteiger partial charge in [-0.15, -0.1) is 0 Å². The van der Waals surface area contributed by atoms with Crippen LogP contribution < -0.4 is 10.6 Å². The lowest BCUT2D eigenvalue weighted by Gasteiger charge is -2.08. The lowest BCUT2D eigenvalue weighted by molar-refractivity contribution is 0.197. The van der Waals surface area contributed by atoms with Crippen molar-refractivity contribution in [1.29, 1.82) is 0 Å². The summed E-state index contributed by atoms with van der Waals surface area (Å²) < 4.78 is 6.76. The second kappa shape index (κ2) is 6.33. The van der Waals surface area contributed by atoms with E-state index in [0.717, 1.165) is 43.0 Å². The topological polar surface area (TPSA) is 76.9 Å². The van der Waals surface area contributed by atoms with Crippen molar-refractivity contribution in [1.82, 2.24) is 19.7 Å². The lowest BCUT2D eigenvalue weighted by atomic mass is 10.4. The molecule has 0 aliphatic carbocycles. The Kier molecular flexibility index (Phi) is 4.51. The van der Waals surface area contributed by atoms with Gasteiger partial charge in [0.25, 0.3) is 0 Å². The summed E-state index contributed by atoms with van der Waals surface area (Å²) in [5.74, 6) is 1.43. The first kappa shape index (κ1) is 13.5. The van der Waals surface area contributed by atoms with Crippen molar-refractivity contribution in [2.24, 2.45) is 7.05 Å². The van der Waals surface area contributed by atoms with Crippen LogP contribution in [0.15, 0.2) is 6.20 Å². The lowest BCUT2D eigenvalue weighted by Crippen LogP contribution is -2.10. The quantitative estimate of drug-likeness (QED) is 0.733. The standard InChI is InChI=1S/C12H20N6O/c1-4-13-10-9-8-15-18(2)11(9)17-12(16-10)14-6-5-7-19-3/h8H,4-7H2,1-3H3,(H2,13,14,16,17). The third-order valence-corrected chi connectivity index (χ3v) is 2.74. The van der Waals surface area contributed by atoms with E-state index in [9.17, 15) is 0 Å². The van der Waals surface area contributed by atoms with Gasteiger partial charge in [-0.25, -0.2) is 0 Å². The molecule has 0 aromatic carbocycles. The highest BCUT2D eigenvalue weighted by Gasteiger charge is 2.10. The average molecular weight is 264 g/mol. The number of anilines is 2. The summed E-state index contributed by atoms with van der Waals surface area (Å²) in [7, 11) is 3.57. The first-order valence-corrected chi connectivity index (χ1v) is 6.42. The predicted molar refractivity (Wildman–Crippen MR) is 75.5 cm³/mol. The maximum Gasteiger partial charge on any atom is 0.226 e. The molecular weight excluding hydrogens is 244 g/mol. The highest BCUT2D eigenvalue weighted by atomic mass is 16.5. The van der Waals surface area contributed by atoms with Gasteiger partial charge in [-0.1, -0.05) is 0 Å². The summed E-state index contributed by atoms with van der Waals surface area (Å²) in [6.45, 7) is 4.35. The van der Waals surface area contributed by atoms with Gasteiger partial charge in [-0.2, -0.15) is 15.1 Å². The Morgan fingerprint density at radius 1 is 1.32 bits per heavy atom. The first-order valence-electron chi connectivity index (χ1n) is 6.42. The number of nitrogens with zero attached hydrogens (tertiary/aromatic N) is 4. The Bertz CT molecular complexity index is 538. The van der Waals surface area contributed by atoms with Crippen molar-refractivity contribution < 1.29 is 4.74 Å². The second-order valence-corrected chi connectivity index (χ2v) is 4.20. The number of aromatic nitrogens is 4. The number of methoxy groups -OCH3 is 1. The summed E-state index contributed by atoms with van der Waals surface area (Å²) >= 11 is 0. The van der Waals surface area contributed by atoms with Gasteiger partial charge in [0, 0.05) is 33.9 Å². The number of nitrogens with one attached hydrogen (secondary N) is 2. The van der Waals surface area contributed by atoms with Gasteiger partial charge in [-0.05, 0) is 13.3 Å². The van der Waals surface area contributed by atoms with Crippen molar-refractivity contribution in [3.05, 3.63) is 6.20 Å². The van der Waals surface area contributed by atoms with Crippen LogP contribution in [-0.2, 0) is 11.8 Å². The van der Waals surface area contributed by atoms with E-state index in [1.165, 1.54) is 0 Å². The first-order chi connectivity index (χ1) is 9.26. The summed E-state index contributed by atoms with van der Waals surface area (Å²) in [5.41, 5.74) is 0.820. The molecule has 104 valence electrons. The molecule has 0 amide bonds. The third-order valence-electron chi connectivity index (χ3n) is 2.74. The van der Waals surface area contributed by atoms with Crippen molar-refractivity contribution in [2.75, 3.05) is 37.4 Å². The fraction of sp³-hybridized carbons (Fsp3) is 0.583. The average Bonchev–Trinajstić information content (AvgIpc) is 2.78. The zero-order valence-electron chi connectivity index (χ0n) is 11.6. The maximum atomic E-state index is 5.01. The molecule has 0 bridgehead atoms. The van der Waals surface area contributed by atoms with E-state index < -0.39 is 0 Å². The van der Waals surface area contributed by atoms with Crippen LogP contribution >= 0.6 is 0 Å². The van der Waals surface area contributed by atoms with Gasteiger partial charge < -0.3 is 15.4 Å². The Morgan fingerprint density at radius 3 is 2.89 bits per heavy atom. The van der Waals surface area contributed by atoms with Crippen molar-refractivity contribution in [3.63, 3.8) is 0 Å². The number of aryl methyl sites for hydroxylation is 1. The Morgan fingerprint density at radius 2 is 2.16 bits per heavy atom. The zero-order valence-corrected chi connectivity index (χ0v) is 11.6. The molecule has 7 nitrogen and oxygen atoms in total. The predicted octanol–water partition coefficient (Wildman–Crippen LogP) is 1.24. The number of rotatable bonds is 7. The normalized spacial score (nSPS) is 10.9. The largest absolute Gasteiger partial charge is 0.385 e. The number of ether oxygens (including phenoxy) is 1. The van der Waals surface area contributed by atoms with Gasteiger partial charge in [0.2, 0.25) is 5.95 Å². The Labute approximate surface area is 112 Å². The van der Waals surface area contributed by atoms with Crippen molar-refractivity contribution >= 4 is 22.8 Å². The monoisotopic (exact) mass is 264 g/mol. The van der Waals surface area contributed by atoms with Crippen LogP contribution in [0.1, 0.15) is 13.3 Å². The molecule has 2 N–H and O–H groups in total. The van der Waals surface area contributed by atoms with Crippen LogP contribution in [0.2, 0.25) is 0 Å². The molecule has 0 saturated carbocycles. The van der Waals surface area contributed by atoms with E-state index in [1.807, 2.05) is 14.0 Å². The van der Waals surface area contributed by atoms with Gasteiger partial charge in [0.15, 0.2) is 5.65 Å². The summed E-state index contributed by atoms with van der Waals surface area (Å²) in [6.07, 6.45) is 2.70. The molecule has 7 heteroatoms. The van der Waals surface area contributed by atoms with Crippen LogP contribution in [0.25, 0.3) is 11.0 Å². The van der Waals surface area contributed by atoms with Crippen LogP contribution in [0, 0.1) is 0 Å². The van der Waals surface area contributed by atoms with E-state index in [2.05, 4.69) is 25.7 Å². The van der Waals surface area contributed by atoms with Gasteiger partial charge >= 0.3 is 0 Å². The van der Waals surface area contributed by atoms with E-state index >= 15 is 0 Å². The summed E-state index contributed by atoms with van der Waals surface area (Å²) in [4.78, 5) is 8.95. The Balaban J connectivity index is 2.21. The van der Waals surface area contributed by atoms with E-state index in [1.54, 1.807) is 18.0 Å². The number of hydrogen-bond donors (Lipinski definition) is 2. The summed E-state index contributed by atoms with van der Waals surface area (Å²) in [5, 5.41) is 11.6. The minimum absolute atomic E-state index is 0.614. The van der Waals surface area contributed by atoms with Gasteiger partial charge in [-0.3, -0.25) is 4.68 Å². The maximum absolute atomic E-state index is 5.01. The zero-order chi connectivity index (χ0) is 13.7. The molecule has 0 atom stereocenters. The molecule has 0 aliphatic heterocycles. The highest BCUT2D eigenvalue weighted by molar-refractivity contribution is 5.87. The molecule has 0 aliphatic rings. The highest BCUT2D eigenvalue weighted by Crippen LogP contribution is 2.20. The fourth-order valence-electron chi connectivity index (χ4n) is 1.82. The molecule has 19 heavy (non-hydrogen) atoms. The number of hydrogen-bond acceptors (Lipinski definition) is 6. The molecule has 2 heterocycles. The molecule has 0 radical (unpaired) electrons. The molecule has 2 aromatic heterocycles. The van der Waals surface area contributed by atoms with E-state index in [0.29, 0.717) is 5.95 Å². The molecule has 0 spiro atoms. The van der Waals surface area contributed by atoms with Crippen molar-refractivity contribution in [2.45, 2.75) is 13.3 Å². The smallest absolute Gasteiger partial charge is 0.226 e. The van der Waals surface area contributed by atoms with Crippen LogP contribution in [0.5, 0.6) is 0 Å². The third kappa shape index (κ3) is 3.11. The molecule has 0 saturated heterocycles. The van der Waals surface area contributed by atoms with Crippen LogP contribution in [0.4, 0.5) is 11.8 Å². The minimum Gasteiger partial charge on any atom is -0.385 e. The second-order valence-electron chi connectivity index (χ2n) is 4.20. The van der Waals surface area contributed by atoms with Gasteiger partial charge in [0.1, 0.15) is 5.82 Å². The summed E-state index contributed by atoms with van der Waals surface area (Å²) in [6, 6.07) is 0. The van der Waals surface area contributed by atoms with Crippen LogP contribution in [-0.4, -0.2) is 46.6 Å². The minimum atomic E-state index is 0.614. The Hall–Kier alpha value is -1.89. The van der Waals surface area contributed by atoms with Crippen LogP contribution in [0.3, 0.4) is 0 Å². The molecule has 0 fully saturated rings. The molecule has 2 aromatic rings. The van der Waals surface area contributed by atoms with E-state index in [-0.39, 0.29) is 0 Å².